The molecule has 1 aromatic heterocycles. The largest absolute Gasteiger partial charge is 0.461 e. The second-order valence-corrected chi connectivity index (χ2v) is 6.29. The fourth-order valence-electron chi connectivity index (χ4n) is 2.05. The first-order chi connectivity index (χ1) is 11.3. The van der Waals surface area contributed by atoms with Gasteiger partial charge in [0.25, 0.3) is 0 Å². The number of hydrogen-bond donors (Lipinski definition) is 0. The minimum atomic E-state index is -0.621. The lowest BCUT2D eigenvalue weighted by Crippen LogP contribution is -2.15. The molecule has 0 aliphatic rings. The number of rotatable bonds is 4. The summed E-state index contributed by atoms with van der Waals surface area (Å²) < 4.78 is 10.2. The fourth-order valence-corrected chi connectivity index (χ4v) is 2.05. The number of benzene rings is 1. The summed E-state index contributed by atoms with van der Waals surface area (Å²) in [5.74, 6) is -0.761. The third-order valence-corrected chi connectivity index (χ3v) is 3.37. The lowest BCUT2D eigenvalue weighted by molar-refractivity contribution is 0.0519. The van der Waals surface area contributed by atoms with E-state index in [1.54, 1.807) is 25.1 Å². The van der Waals surface area contributed by atoms with Crippen LogP contribution in [0.15, 0.2) is 42.5 Å². The van der Waals surface area contributed by atoms with E-state index in [1.165, 1.54) is 12.1 Å². The SMILES string of the molecule is CCOC(=O)c1cccc(C(=O)Oc2ccc(C(C)(C)C)cc2)n1. The molecule has 1 aromatic carbocycles. The third-order valence-electron chi connectivity index (χ3n) is 3.37. The number of pyridine rings is 1. The lowest BCUT2D eigenvalue weighted by Gasteiger charge is -2.18. The van der Waals surface area contributed by atoms with E-state index in [9.17, 15) is 9.59 Å². The Bertz CT molecular complexity index is 730. The highest BCUT2D eigenvalue weighted by Crippen LogP contribution is 2.24. The highest BCUT2D eigenvalue weighted by molar-refractivity contribution is 5.92. The fraction of sp³-hybridized carbons (Fsp3) is 0.316. The molecule has 0 N–H and O–H groups in total. The molecule has 0 saturated heterocycles. The summed E-state index contributed by atoms with van der Waals surface area (Å²) in [4.78, 5) is 27.9. The number of esters is 2. The van der Waals surface area contributed by atoms with Gasteiger partial charge in [0.05, 0.1) is 6.61 Å². The van der Waals surface area contributed by atoms with Crippen molar-refractivity contribution in [1.29, 1.82) is 0 Å². The number of ether oxygens (including phenoxy) is 2. The van der Waals surface area contributed by atoms with Crippen LogP contribution in [0, 0.1) is 0 Å². The summed E-state index contributed by atoms with van der Waals surface area (Å²) >= 11 is 0. The molecule has 1 heterocycles. The van der Waals surface area contributed by atoms with Gasteiger partial charge in [0.2, 0.25) is 0 Å². The summed E-state index contributed by atoms with van der Waals surface area (Å²) in [6, 6.07) is 11.9. The topological polar surface area (TPSA) is 65.5 Å². The van der Waals surface area contributed by atoms with Crippen molar-refractivity contribution in [1.82, 2.24) is 4.98 Å². The predicted octanol–water partition coefficient (Wildman–Crippen LogP) is 3.78. The normalized spacial score (nSPS) is 11.0. The van der Waals surface area contributed by atoms with E-state index in [1.807, 2.05) is 12.1 Å². The van der Waals surface area contributed by atoms with Gasteiger partial charge in [-0.3, -0.25) is 0 Å². The predicted molar refractivity (Wildman–Crippen MR) is 90.3 cm³/mol. The van der Waals surface area contributed by atoms with Crippen LogP contribution < -0.4 is 4.74 Å². The van der Waals surface area contributed by atoms with Gasteiger partial charge in [-0.15, -0.1) is 0 Å². The van der Waals surface area contributed by atoms with Crippen molar-refractivity contribution in [3.63, 3.8) is 0 Å². The number of carbonyl (C=O) groups is 2. The number of nitrogens with zero attached hydrogens (tertiary/aromatic N) is 1. The summed E-state index contributed by atoms with van der Waals surface area (Å²) in [5, 5.41) is 0. The van der Waals surface area contributed by atoms with Crippen molar-refractivity contribution < 1.29 is 19.1 Å². The van der Waals surface area contributed by atoms with Crippen LogP contribution in [0.5, 0.6) is 5.75 Å². The first-order valence-corrected chi connectivity index (χ1v) is 7.78. The molecular weight excluding hydrogens is 306 g/mol. The van der Waals surface area contributed by atoms with E-state index in [2.05, 4.69) is 25.8 Å². The second-order valence-electron chi connectivity index (χ2n) is 6.29. The quantitative estimate of drug-likeness (QED) is 0.631. The van der Waals surface area contributed by atoms with Crippen LogP contribution in [0.3, 0.4) is 0 Å². The Morgan fingerprint density at radius 1 is 0.958 bits per heavy atom. The minimum Gasteiger partial charge on any atom is -0.461 e. The van der Waals surface area contributed by atoms with Gasteiger partial charge in [-0.05, 0) is 42.2 Å². The van der Waals surface area contributed by atoms with Crippen LogP contribution in [-0.4, -0.2) is 23.5 Å². The lowest BCUT2D eigenvalue weighted by atomic mass is 9.87. The monoisotopic (exact) mass is 327 g/mol. The highest BCUT2D eigenvalue weighted by Gasteiger charge is 2.16. The molecule has 0 saturated carbocycles. The van der Waals surface area contributed by atoms with Gasteiger partial charge in [0.15, 0.2) is 0 Å². The zero-order valence-corrected chi connectivity index (χ0v) is 14.3. The minimum absolute atomic E-state index is 0.0259. The van der Waals surface area contributed by atoms with Crippen molar-refractivity contribution in [3.05, 3.63) is 59.4 Å². The summed E-state index contributed by atoms with van der Waals surface area (Å²) in [5.41, 5.74) is 1.30. The van der Waals surface area contributed by atoms with Crippen LogP contribution in [-0.2, 0) is 10.2 Å². The van der Waals surface area contributed by atoms with Gasteiger partial charge in [-0.1, -0.05) is 39.0 Å². The van der Waals surface area contributed by atoms with Gasteiger partial charge in [0, 0.05) is 0 Å². The summed E-state index contributed by atoms with van der Waals surface area (Å²) in [6.07, 6.45) is 0. The molecule has 0 fully saturated rings. The van der Waals surface area contributed by atoms with Gasteiger partial charge in [-0.25, -0.2) is 14.6 Å². The molecule has 5 heteroatoms. The van der Waals surface area contributed by atoms with E-state index >= 15 is 0 Å². The Kier molecular flexibility index (Phi) is 5.34. The van der Waals surface area contributed by atoms with Crippen molar-refractivity contribution in [3.8, 4) is 5.75 Å². The Morgan fingerprint density at radius 2 is 1.54 bits per heavy atom. The Morgan fingerprint density at radius 3 is 2.08 bits per heavy atom. The standard InChI is InChI=1S/C19H21NO4/c1-5-23-17(21)15-7-6-8-16(20-15)18(22)24-14-11-9-13(10-12-14)19(2,3)4/h6-12H,5H2,1-4H3. The van der Waals surface area contributed by atoms with Crippen molar-refractivity contribution in [2.75, 3.05) is 6.61 Å². The Balaban J connectivity index is 2.12. The number of carbonyl (C=O) groups excluding carboxylic acids is 2. The van der Waals surface area contributed by atoms with Crippen LogP contribution >= 0.6 is 0 Å². The van der Waals surface area contributed by atoms with E-state index in [0.29, 0.717) is 5.75 Å². The molecule has 126 valence electrons. The summed E-state index contributed by atoms with van der Waals surface area (Å²) in [6.45, 7) is 8.28. The first kappa shape index (κ1) is 17.7. The molecule has 0 bridgehead atoms. The maximum atomic E-state index is 12.2. The molecule has 0 unspecified atom stereocenters. The second kappa shape index (κ2) is 7.25. The third kappa shape index (κ3) is 4.41. The van der Waals surface area contributed by atoms with Crippen LogP contribution in [0.1, 0.15) is 54.2 Å². The van der Waals surface area contributed by atoms with Gasteiger partial charge in [0.1, 0.15) is 17.1 Å². The van der Waals surface area contributed by atoms with E-state index in [-0.39, 0.29) is 23.4 Å². The molecule has 5 nitrogen and oxygen atoms in total. The zero-order valence-electron chi connectivity index (χ0n) is 14.3. The molecule has 0 amide bonds. The molecule has 0 radical (unpaired) electrons. The molecule has 0 aliphatic carbocycles. The maximum Gasteiger partial charge on any atom is 0.362 e. The molecule has 0 aliphatic heterocycles. The molecule has 24 heavy (non-hydrogen) atoms. The molecule has 2 rings (SSSR count). The van der Waals surface area contributed by atoms with E-state index < -0.39 is 11.9 Å². The van der Waals surface area contributed by atoms with Crippen molar-refractivity contribution in [2.45, 2.75) is 33.1 Å². The van der Waals surface area contributed by atoms with Gasteiger partial charge < -0.3 is 9.47 Å². The highest BCUT2D eigenvalue weighted by atomic mass is 16.5. The average molecular weight is 327 g/mol. The van der Waals surface area contributed by atoms with E-state index in [4.69, 9.17) is 9.47 Å². The number of hydrogen-bond acceptors (Lipinski definition) is 5. The molecule has 0 atom stereocenters. The smallest absolute Gasteiger partial charge is 0.362 e. The number of aromatic nitrogens is 1. The zero-order chi connectivity index (χ0) is 17.7. The Labute approximate surface area is 141 Å². The van der Waals surface area contributed by atoms with E-state index in [0.717, 1.165) is 5.56 Å². The van der Waals surface area contributed by atoms with Crippen LogP contribution in [0.4, 0.5) is 0 Å². The molecule has 2 aromatic rings. The maximum absolute atomic E-state index is 12.2. The van der Waals surface area contributed by atoms with Crippen molar-refractivity contribution in [2.24, 2.45) is 0 Å². The average Bonchev–Trinajstić information content (AvgIpc) is 2.55. The van der Waals surface area contributed by atoms with Crippen molar-refractivity contribution >= 4 is 11.9 Å². The Hall–Kier alpha value is -2.69. The molecular formula is C19H21NO4. The molecule has 0 spiro atoms. The van der Waals surface area contributed by atoms with Crippen LogP contribution in [0.25, 0.3) is 0 Å². The van der Waals surface area contributed by atoms with Crippen LogP contribution in [0.2, 0.25) is 0 Å². The first-order valence-electron chi connectivity index (χ1n) is 7.78. The summed E-state index contributed by atoms with van der Waals surface area (Å²) in [7, 11) is 0. The van der Waals surface area contributed by atoms with Gasteiger partial charge >= 0.3 is 11.9 Å². The van der Waals surface area contributed by atoms with Gasteiger partial charge in [-0.2, -0.15) is 0 Å².